The lowest BCUT2D eigenvalue weighted by Gasteiger charge is -2.52. The molecule has 0 aromatic heterocycles. The summed E-state index contributed by atoms with van der Waals surface area (Å²) in [5.74, 6) is -28.8. The minimum Gasteiger partial charge on any atom is -0.508 e. The Kier molecular flexibility index (Phi) is 14.9. The van der Waals surface area contributed by atoms with Crippen LogP contribution < -0.4 is 28.4 Å². The number of fused-ring (bicyclic) bond motifs is 11. The molecule has 10 aromatic carbocycles. The first-order valence-electron chi connectivity index (χ1n) is 32.2. The molecular formula is C75H60O30. The van der Waals surface area contributed by atoms with Crippen molar-refractivity contribution in [2.45, 2.75) is 90.8 Å². The highest BCUT2D eigenvalue weighted by atomic mass is 16.7. The van der Waals surface area contributed by atoms with Crippen molar-refractivity contribution in [1.82, 2.24) is 0 Å². The first-order chi connectivity index (χ1) is 49.9. The molecule has 0 saturated heterocycles. The minimum absolute atomic E-state index is 0.0427. The smallest absolute Gasteiger partial charge is 0.305 e. The van der Waals surface area contributed by atoms with Gasteiger partial charge < -0.3 is 151 Å². The average molecular weight is 1440 g/mol. The molecule has 30 nitrogen and oxygen atoms in total. The van der Waals surface area contributed by atoms with Gasteiger partial charge in [-0.3, -0.25) is 0 Å². The maximum Gasteiger partial charge on any atom is 0.305 e. The van der Waals surface area contributed by atoms with Gasteiger partial charge in [-0.05, 0) is 89.0 Å². The van der Waals surface area contributed by atoms with Crippen LogP contribution in [0.15, 0.2) is 127 Å². The highest BCUT2D eigenvalue weighted by Crippen LogP contribution is 2.69. The molecule has 30 heteroatoms. The highest BCUT2D eigenvalue weighted by Gasteiger charge is 2.63. The quantitative estimate of drug-likeness (QED) is 0.0672. The van der Waals surface area contributed by atoms with Crippen molar-refractivity contribution in [3.05, 3.63) is 205 Å². The zero-order valence-corrected chi connectivity index (χ0v) is 53.5. The number of hydrogen-bond donors (Lipinski definition) is 24. The summed E-state index contributed by atoms with van der Waals surface area (Å²) in [5, 5.41) is 282. The van der Waals surface area contributed by atoms with Gasteiger partial charge >= 0.3 is 5.79 Å². The molecule has 6 aliphatic heterocycles. The van der Waals surface area contributed by atoms with Crippen molar-refractivity contribution in [3.63, 3.8) is 0 Å². The zero-order valence-electron chi connectivity index (χ0n) is 53.5. The van der Waals surface area contributed by atoms with E-state index in [0.29, 0.717) is 0 Å². The molecule has 0 radical (unpaired) electrons. The van der Waals surface area contributed by atoms with E-state index >= 15 is 0 Å². The van der Waals surface area contributed by atoms with Gasteiger partial charge in [0.15, 0.2) is 75.8 Å². The van der Waals surface area contributed by atoms with Crippen LogP contribution in [-0.4, -0.2) is 153 Å². The lowest BCUT2D eigenvalue weighted by atomic mass is 9.69. The SMILES string of the molecule is Oc1cc(O)c2c(c1)O[C@H](c1ccc(O)c(O)c1)[C@H](O)[C@H]2c1c(O)cc(O)c2c1O[C@H](c1ccc(O)c(O)c1)[C@H](O)[C@H]2c1c(O)cc(O)c2c1O[C@@]1(c3ccc(O)c(O)c3)Oc3cc(O)c4c(c3[C@@H]2[C@H]1O)O[C@H](c1ccc(O)c(O)c1)[C@H](O)[C@H]4c1c(O)cc(O)c2c1O[C@H](c1ccc(O)c(O)c1)[C@H](O)C2. The second-order valence-corrected chi connectivity index (χ2v) is 26.5. The third-order valence-electron chi connectivity index (χ3n) is 20.5. The zero-order chi connectivity index (χ0) is 74.3. The molecule has 6 aliphatic rings. The lowest BCUT2D eigenvalue weighted by molar-refractivity contribution is -0.219. The lowest BCUT2D eigenvalue weighted by Crippen LogP contribution is -2.58. The summed E-state index contributed by atoms with van der Waals surface area (Å²) >= 11 is 0. The fourth-order valence-electron chi connectivity index (χ4n) is 15.8. The molecule has 6 heterocycles. The van der Waals surface area contributed by atoms with E-state index < -0.39 is 273 Å². The van der Waals surface area contributed by atoms with Crippen LogP contribution in [0.4, 0.5) is 0 Å². The number of phenols is 19. The van der Waals surface area contributed by atoms with Crippen molar-refractivity contribution in [3.8, 4) is 144 Å². The van der Waals surface area contributed by atoms with E-state index in [1.165, 1.54) is 24.3 Å². The van der Waals surface area contributed by atoms with E-state index in [1.807, 2.05) is 0 Å². The molecule has 105 heavy (non-hydrogen) atoms. The first-order valence-corrected chi connectivity index (χ1v) is 32.2. The van der Waals surface area contributed by atoms with Crippen molar-refractivity contribution in [2.24, 2.45) is 0 Å². The number of rotatable bonds is 8. The number of aromatic hydroxyl groups is 19. The predicted molar refractivity (Wildman–Crippen MR) is 354 cm³/mol. The third kappa shape index (κ3) is 9.89. The molecule has 10 aromatic rings. The monoisotopic (exact) mass is 1440 g/mol. The molecular weight excluding hydrogens is 1380 g/mol. The molecule has 0 amide bonds. The van der Waals surface area contributed by atoms with Crippen LogP contribution in [0, 0.1) is 0 Å². The number of aliphatic hydroxyl groups excluding tert-OH is 5. The van der Waals surface area contributed by atoms with Gasteiger partial charge in [0.05, 0.1) is 29.8 Å². The number of hydrogen-bond acceptors (Lipinski definition) is 30. The van der Waals surface area contributed by atoms with Crippen LogP contribution in [0.3, 0.4) is 0 Å². The van der Waals surface area contributed by atoms with Gasteiger partial charge in [-0.15, -0.1) is 0 Å². The maximum atomic E-state index is 13.6. The van der Waals surface area contributed by atoms with Crippen LogP contribution in [-0.2, 0) is 12.2 Å². The Balaban J connectivity index is 0.966. The summed E-state index contributed by atoms with van der Waals surface area (Å²) in [6.07, 6.45) is -17.7. The molecule has 540 valence electrons. The van der Waals surface area contributed by atoms with Gasteiger partial charge in [0.25, 0.3) is 0 Å². The van der Waals surface area contributed by atoms with Gasteiger partial charge in [0.1, 0.15) is 117 Å². The van der Waals surface area contributed by atoms with Crippen molar-refractivity contribution >= 4 is 0 Å². The van der Waals surface area contributed by atoms with Crippen LogP contribution >= 0.6 is 0 Å². The molecule has 16 rings (SSSR count). The maximum absolute atomic E-state index is 13.6. The Morgan fingerprint density at radius 2 is 0.629 bits per heavy atom. The van der Waals surface area contributed by atoms with E-state index in [2.05, 4.69) is 0 Å². The van der Waals surface area contributed by atoms with Crippen molar-refractivity contribution in [2.75, 3.05) is 0 Å². The van der Waals surface area contributed by atoms with E-state index in [4.69, 9.17) is 28.4 Å². The first kappa shape index (κ1) is 66.5. The predicted octanol–water partition coefficient (Wildman–Crippen LogP) is 7.14. The van der Waals surface area contributed by atoms with E-state index in [9.17, 15) is 123 Å². The normalized spacial score (nSPS) is 25.1. The third-order valence-corrected chi connectivity index (χ3v) is 20.5. The van der Waals surface area contributed by atoms with Crippen LogP contribution in [0.2, 0.25) is 0 Å². The second-order valence-electron chi connectivity index (χ2n) is 26.5. The summed E-state index contributed by atoms with van der Waals surface area (Å²) in [6.45, 7) is 0. The Morgan fingerprint density at radius 1 is 0.267 bits per heavy atom. The molecule has 0 unspecified atom stereocenters. The second kappa shape index (κ2) is 23.5. The summed E-state index contributed by atoms with van der Waals surface area (Å²) in [6, 6.07) is 21.3. The number of phenolic OH excluding ortho intramolecular Hbond substituents is 19. The number of benzene rings is 10. The van der Waals surface area contributed by atoms with Gasteiger partial charge in [-0.25, -0.2) is 0 Å². The van der Waals surface area contributed by atoms with Crippen molar-refractivity contribution < 1.29 is 151 Å². The van der Waals surface area contributed by atoms with E-state index in [0.717, 1.165) is 103 Å². The molecule has 14 atom stereocenters. The largest absolute Gasteiger partial charge is 0.508 e. The standard InChI is InChI=1S/C75H60O30/c76-28-16-41(88)51-49(17-28)100-67(24-2-7-31(78)37(84)12-24)63(96)59(51)53-43(90)20-44(91)54-61(65(98)68(102-71(53)54)25-3-8-32(79)38(85)13-25)56-45(92)21-46(93)57-62-58-50(104-75(74(62)99,105-73(56)57)27-5-10-34(81)40(87)15-27)22-47(94)55-60(64(97)69(103-72(55)58)26-4-9-33(80)39(86)14-26)52-42(89)19-35(82)29-18-48(95)66(101-70(29)52)23-1-6-30(77)36(83)11-23/h1-17,19-22,48,59-69,74,76-99H,18H2/t48-,59-,60+,61-,62-,63-,64-,65-,66-,67-,68-,69-,74-,75-/m1/s1. The van der Waals surface area contributed by atoms with Gasteiger partial charge in [0, 0.05) is 98.5 Å². The molecule has 0 fully saturated rings. The Hall–Kier alpha value is -13.0. The van der Waals surface area contributed by atoms with Gasteiger partial charge in [-0.1, -0.05) is 24.3 Å². The molecule has 0 saturated carbocycles. The minimum atomic E-state index is -2.91. The fraction of sp³-hybridized carbons (Fsp3) is 0.200. The molecule has 0 spiro atoms. The Bertz CT molecular complexity index is 5350. The molecule has 0 aliphatic carbocycles. The topological polar surface area (TPSA) is 541 Å². The summed E-state index contributed by atoms with van der Waals surface area (Å²) < 4.78 is 40.0. The van der Waals surface area contributed by atoms with Crippen LogP contribution in [0.5, 0.6) is 144 Å². The number of ether oxygens (including phenoxy) is 6. The number of aliphatic hydroxyl groups is 5. The summed E-state index contributed by atoms with van der Waals surface area (Å²) in [4.78, 5) is 0. The fourth-order valence-corrected chi connectivity index (χ4v) is 15.8. The Labute approximate surface area is 588 Å². The van der Waals surface area contributed by atoms with E-state index in [1.54, 1.807) is 0 Å². The Morgan fingerprint density at radius 3 is 1.10 bits per heavy atom. The van der Waals surface area contributed by atoms with Crippen LogP contribution in [0.25, 0.3) is 0 Å². The van der Waals surface area contributed by atoms with E-state index in [-0.39, 0.29) is 39.1 Å². The van der Waals surface area contributed by atoms with Gasteiger partial charge in [0.2, 0.25) is 0 Å². The van der Waals surface area contributed by atoms with Gasteiger partial charge in [-0.2, -0.15) is 0 Å². The van der Waals surface area contributed by atoms with Crippen LogP contribution in [0.1, 0.15) is 126 Å². The van der Waals surface area contributed by atoms with Crippen molar-refractivity contribution in [1.29, 1.82) is 0 Å². The molecule has 24 N–H and O–H groups in total. The summed E-state index contributed by atoms with van der Waals surface area (Å²) in [5.41, 5.74) is -5.07. The summed E-state index contributed by atoms with van der Waals surface area (Å²) in [7, 11) is 0. The molecule has 2 bridgehead atoms. The average Bonchev–Trinajstić information content (AvgIpc) is 0.690. The highest BCUT2D eigenvalue weighted by molar-refractivity contribution is 5.76.